The predicted molar refractivity (Wildman–Crippen MR) is 58.4 cm³/mol. The average molecular weight is 253 g/mol. The van der Waals surface area contributed by atoms with E-state index in [2.05, 4.69) is 21.0 Å². The molecule has 0 aliphatic rings. The van der Waals surface area contributed by atoms with Gasteiger partial charge in [-0.25, -0.2) is 0 Å². The van der Waals surface area contributed by atoms with E-state index in [4.69, 9.17) is 0 Å². The van der Waals surface area contributed by atoms with Crippen molar-refractivity contribution < 1.29 is 4.79 Å². The van der Waals surface area contributed by atoms with Crippen LogP contribution in [-0.4, -0.2) is 15.6 Å². The summed E-state index contributed by atoms with van der Waals surface area (Å²) in [5, 5.41) is 5.16. The second kappa shape index (κ2) is 3.20. The number of ketones is 1. The van der Waals surface area contributed by atoms with Crippen molar-refractivity contribution in [2.75, 3.05) is 0 Å². The molecule has 14 heavy (non-hydrogen) atoms. The molecule has 1 heterocycles. The predicted octanol–water partition coefficient (Wildman–Crippen LogP) is 2.54. The van der Waals surface area contributed by atoms with Gasteiger partial charge < -0.3 is 0 Å². The number of rotatable bonds is 1. The van der Waals surface area contributed by atoms with Crippen molar-refractivity contribution in [1.29, 1.82) is 0 Å². The molecule has 0 bridgehead atoms. The highest BCUT2D eigenvalue weighted by atomic mass is 79.9. The number of hydrogen-bond acceptors (Lipinski definition) is 2. The number of nitrogens with zero attached hydrogens (tertiary/aromatic N) is 2. The molecule has 0 aliphatic carbocycles. The molecule has 4 heteroatoms. The third kappa shape index (κ3) is 1.26. The summed E-state index contributed by atoms with van der Waals surface area (Å²) in [6.07, 6.45) is 0. The summed E-state index contributed by atoms with van der Waals surface area (Å²) in [4.78, 5) is 11.4. The third-order valence-corrected chi connectivity index (χ3v) is 3.08. The highest BCUT2D eigenvalue weighted by Crippen LogP contribution is 2.26. The minimum absolute atomic E-state index is 0.0595. The summed E-state index contributed by atoms with van der Waals surface area (Å²) in [5.74, 6) is 0.0595. The molecule has 0 amide bonds. The number of benzene rings is 1. The largest absolute Gasteiger partial charge is 0.294 e. The number of aromatic nitrogens is 2. The Kier molecular flexibility index (Phi) is 2.15. The monoisotopic (exact) mass is 252 g/mol. The topological polar surface area (TPSA) is 34.9 Å². The van der Waals surface area contributed by atoms with Crippen molar-refractivity contribution in [3.8, 4) is 0 Å². The van der Waals surface area contributed by atoms with Gasteiger partial charge in [0.2, 0.25) is 0 Å². The Hall–Kier alpha value is -1.16. The lowest BCUT2D eigenvalue weighted by Gasteiger charge is -1.97. The van der Waals surface area contributed by atoms with Crippen LogP contribution in [0, 0.1) is 0 Å². The van der Waals surface area contributed by atoms with Gasteiger partial charge in [-0.2, -0.15) is 5.10 Å². The number of fused-ring (bicyclic) bond motifs is 1. The lowest BCUT2D eigenvalue weighted by molar-refractivity contribution is 0.101. The zero-order chi connectivity index (χ0) is 10.3. The van der Waals surface area contributed by atoms with Crippen molar-refractivity contribution in [3.05, 3.63) is 28.4 Å². The van der Waals surface area contributed by atoms with Gasteiger partial charge in [0, 0.05) is 18.0 Å². The second-order valence-electron chi connectivity index (χ2n) is 3.17. The molecule has 2 aromatic rings. The van der Waals surface area contributed by atoms with Gasteiger partial charge in [0.05, 0.1) is 5.52 Å². The van der Waals surface area contributed by atoms with Crippen molar-refractivity contribution in [2.45, 2.75) is 6.92 Å². The Labute approximate surface area is 89.8 Å². The van der Waals surface area contributed by atoms with Gasteiger partial charge in [-0.05, 0) is 28.9 Å². The molecule has 72 valence electrons. The Bertz CT molecular complexity index is 516. The molecule has 1 aromatic carbocycles. The van der Waals surface area contributed by atoms with Crippen molar-refractivity contribution >= 4 is 32.6 Å². The van der Waals surface area contributed by atoms with Crippen LogP contribution in [0.15, 0.2) is 22.8 Å². The number of carbonyl (C=O) groups excluding carboxylic acids is 1. The standard InChI is InChI=1S/C10H9BrN2O/c1-6(14)7-4-3-5-8-9(7)10(11)13(2)12-8/h3-5H,1-2H3. The lowest BCUT2D eigenvalue weighted by atomic mass is 10.1. The van der Waals surface area contributed by atoms with Crippen LogP contribution in [0.3, 0.4) is 0 Å². The Morgan fingerprint density at radius 2 is 2.21 bits per heavy atom. The van der Waals surface area contributed by atoms with E-state index in [1.165, 1.54) is 0 Å². The molecule has 0 N–H and O–H groups in total. The van der Waals surface area contributed by atoms with E-state index in [0.29, 0.717) is 5.56 Å². The smallest absolute Gasteiger partial charge is 0.160 e. The molecule has 2 rings (SSSR count). The van der Waals surface area contributed by atoms with Gasteiger partial charge >= 0.3 is 0 Å². The molecule has 0 fully saturated rings. The maximum Gasteiger partial charge on any atom is 0.160 e. The molecule has 0 spiro atoms. The summed E-state index contributed by atoms with van der Waals surface area (Å²) in [6, 6.07) is 5.56. The van der Waals surface area contributed by atoms with Crippen LogP contribution in [0.5, 0.6) is 0 Å². The van der Waals surface area contributed by atoms with E-state index < -0.39 is 0 Å². The SMILES string of the molecule is CC(=O)c1cccc2nn(C)c(Br)c12. The minimum Gasteiger partial charge on any atom is -0.294 e. The molecule has 0 radical (unpaired) electrons. The third-order valence-electron chi connectivity index (χ3n) is 2.17. The zero-order valence-corrected chi connectivity index (χ0v) is 9.50. The van der Waals surface area contributed by atoms with E-state index in [1.807, 2.05) is 25.2 Å². The van der Waals surface area contributed by atoms with Crippen LogP contribution in [-0.2, 0) is 7.05 Å². The van der Waals surface area contributed by atoms with Gasteiger partial charge in [-0.1, -0.05) is 12.1 Å². The van der Waals surface area contributed by atoms with Gasteiger partial charge in [-0.15, -0.1) is 0 Å². The van der Waals surface area contributed by atoms with Crippen molar-refractivity contribution in [2.24, 2.45) is 7.05 Å². The molecule has 0 atom stereocenters. The first-order chi connectivity index (χ1) is 6.61. The van der Waals surface area contributed by atoms with Gasteiger partial charge in [0.15, 0.2) is 5.78 Å². The highest BCUT2D eigenvalue weighted by molar-refractivity contribution is 9.10. The number of carbonyl (C=O) groups is 1. The molecule has 0 aliphatic heterocycles. The number of aryl methyl sites for hydroxylation is 1. The van der Waals surface area contributed by atoms with Crippen LogP contribution >= 0.6 is 15.9 Å². The first-order valence-corrected chi connectivity index (χ1v) is 5.02. The number of Topliss-reactive ketones (excluding diaryl/α,β-unsaturated/α-hetero) is 1. The summed E-state index contributed by atoms with van der Waals surface area (Å²) < 4.78 is 2.57. The van der Waals surface area contributed by atoms with Crippen LogP contribution in [0.4, 0.5) is 0 Å². The summed E-state index contributed by atoms with van der Waals surface area (Å²) in [5.41, 5.74) is 1.55. The normalized spacial score (nSPS) is 10.8. The highest BCUT2D eigenvalue weighted by Gasteiger charge is 2.12. The first-order valence-electron chi connectivity index (χ1n) is 4.23. The fourth-order valence-electron chi connectivity index (χ4n) is 1.50. The van der Waals surface area contributed by atoms with Crippen LogP contribution in [0.1, 0.15) is 17.3 Å². The Balaban J connectivity index is 2.91. The van der Waals surface area contributed by atoms with Gasteiger partial charge in [0.1, 0.15) is 4.60 Å². The van der Waals surface area contributed by atoms with Crippen LogP contribution in [0.25, 0.3) is 10.9 Å². The zero-order valence-electron chi connectivity index (χ0n) is 7.91. The van der Waals surface area contributed by atoms with Gasteiger partial charge in [0.25, 0.3) is 0 Å². The minimum atomic E-state index is 0.0595. The number of halogens is 1. The fraction of sp³-hybridized carbons (Fsp3) is 0.200. The molecular formula is C10H9BrN2O. The second-order valence-corrected chi connectivity index (χ2v) is 3.92. The molecule has 0 unspecified atom stereocenters. The molecular weight excluding hydrogens is 244 g/mol. The summed E-state index contributed by atoms with van der Waals surface area (Å²) >= 11 is 3.42. The maximum absolute atomic E-state index is 11.4. The maximum atomic E-state index is 11.4. The van der Waals surface area contributed by atoms with E-state index in [1.54, 1.807) is 11.6 Å². The molecule has 0 saturated carbocycles. The number of hydrogen-bond donors (Lipinski definition) is 0. The lowest BCUT2D eigenvalue weighted by Crippen LogP contribution is -1.92. The van der Waals surface area contributed by atoms with E-state index in [9.17, 15) is 4.79 Å². The Morgan fingerprint density at radius 3 is 2.86 bits per heavy atom. The average Bonchev–Trinajstić information content (AvgIpc) is 2.43. The van der Waals surface area contributed by atoms with Crippen molar-refractivity contribution in [3.63, 3.8) is 0 Å². The van der Waals surface area contributed by atoms with Gasteiger partial charge in [-0.3, -0.25) is 9.48 Å². The summed E-state index contributed by atoms with van der Waals surface area (Å²) in [7, 11) is 1.84. The van der Waals surface area contributed by atoms with E-state index >= 15 is 0 Å². The molecule has 0 saturated heterocycles. The fourth-order valence-corrected chi connectivity index (χ4v) is 2.00. The molecule has 3 nitrogen and oxygen atoms in total. The molecule has 1 aromatic heterocycles. The first kappa shape index (κ1) is 9.40. The van der Waals surface area contributed by atoms with E-state index in [0.717, 1.165) is 15.5 Å². The van der Waals surface area contributed by atoms with Crippen LogP contribution < -0.4 is 0 Å². The van der Waals surface area contributed by atoms with Crippen molar-refractivity contribution in [1.82, 2.24) is 9.78 Å². The summed E-state index contributed by atoms with van der Waals surface area (Å²) in [6.45, 7) is 1.56. The van der Waals surface area contributed by atoms with E-state index in [-0.39, 0.29) is 5.78 Å². The quantitative estimate of drug-likeness (QED) is 0.732. The Morgan fingerprint density at radius 1 is 1.50 bits per heavy atom. The van der Waals surface area contributed by atoms with Crippen LogP contribution in [0.2, 0.25) is 0 Å².